The van der Waals surface area contributed by atoms with Crippen molar-refractivity contribution < 1.29 is 17.9 Å². The van der Waals surface area contributed by atoms with E-state index in [1.165, 1.54) is 4.31 Å². The van der Waals surface area contributed by atoms with E-state index in [4.69, 9.17) is 16.3 Å². The van der Waals surface area contributed by atoms with Crippen molar-refractivity contribution in [2.75, 3.05) is 24.9 Å². The third-order valence-electron chi connectivity index (χ3n) is 2.54. The first-order valence-corrected chi connectivity index (χ1v) is 7.36. The molecule has 0 radical (unpaired) electrons. The Bertz CT molecular complexity index is 343. The lowest BCUT2D eigenvalue weighted by molar-refractivity contribution is -0.149. The summed E-state index contributed by atoms with van der Waals surface area (Å²) in [4.78, 5) is 11.5. The number of nitrogens with zero attached hydrogens (tertiary/aromatic N) is 1. The van der Waals surface area contributed by atoms with Crippen molar-refractivity contribution in [1.82, 2.24) is 4.31 Å². The van der Waals surface area contributed by atoms with Crippen LogP contribution in [0.1, 0.15) is 19.8 Å². The van der Waals surface area contributed by atoms with Crippen LogP contribution in [0.4, 0.5) is 0 Å². The van der Waals surface area contributed by atoms with Crippen molar-refractivity contribution in [3.8, 4) is 0 Å². The zero-order valence-electron chi connectivity index (χ0n) is 9.19. The highest BCUT2D eigenvalue weighted by Crippen LogP contribution is 2.20. The van der Waals surface area contributed by atoms with Crippen LogP contribution >= 0.6 is 11.6 Å². The third-order valence-corrected chi connectivity index (χ3v) is 4.76. The van der Waals surface area contributed by atoms with Crippen molar-refractivity contribution in [2.45, 2.75) is 19.8 Å². The maximum atomic E-state index is 11.5. The second-order valence-electron chi connectivity index (χ2n) is 3.67. The van der Waals surface area contributed by atoms with Gasteiger partial charge in [-0.3, -0.25) is 4.79 Å². The minimum absolute atomic E-state index is 0.188. The number of esters is 1. The number of hydrogen-bond acceptors (Lipinski definition) is 4. The molecule has 0 spiro atoms. The Morgan fingerprint density at radius 3 is 2.81 bits per heavy atom. The Morgan fingerprint density at radius 1 is 1.56 bits per heavy atom. The van der Waals surface area contributed by atoms with Gasteiger partial charge in [0.15, 0.2) is 0 Å². The molecule has 94 valence electrons. The van der Waals surface area contributed by atoms with Crippen LogP contribution in [-0.4, -0.2) is 43.6 Å². The Hall–Kier alpha value is -0.330. The van der Waals surface area contributed by atoms with Crippen molar-refractivity contribution >= 4 is 27.6 Å². The normalized spacial score (nSPS) is 23.0. The van der Waals surface area contributed by atoms with E-state index in [0.717, 1.165) is 0 Å². The molecule has 1 unspecified atom stereocenters. The average molecular weight is 270 g/mol. The van der Waals surface area contributed by atoms with Gasteiger partial charge in [0.05, 0.1) is 12.5 Å². The van der Waals surface area contributed by atoms with E-state index < -0.39 is 15.2 Å². The highest BCUT2D eigenvalue weighted by molar-refractivity contribution is 7.90. The van der Waals surface area contributed by atoms with E-state index in [-0.39, 0.29) is 18.4 Å². The first-order valence-electron chi connectivity index (χ1n) is 5.21. The smallest absolute Gasteiger partial charge is 0.310 e. The lowest BCUT2D eigenvalue weighted by Crippen LogP contribution is -2.43. The molecule has 0 bridgehead atoms. The van der Waals surface area contributed by atoms with Gasteiger partial charge >= 0.3 is 5.97 Å². The zero-order valence-corrected chi connectivity index (χ0v) is 10.8. The molecule has 0 aliphatic carbocycles. The fourth-order valence-corrected chi connectivity index (χ4v) is 3.08. The van der Waals surface area contributed by atoms with Gasteiger partial charge in [-0.15, -0.1) is 11.6 Å². The zero-order chi connectivity index (χ0) is 12.2. The molecule has 0 amide bonds. The topological polar surface area (TPSA) is 63.7 Å². The third kappa shape index (κ3) is 3.33. The number of rotatable bonds is 4. The Balaban J connectivity index is 2.64. The summed E-state index contributed by atoms with van der Waals surface area (Å²) < 4.78 is 29.2. The number of hydrogen-bond donors (Lipinski definition) is 0. The van der Waals surface area contributed by atoms with Gasteiger partial charge in [-0.2, -0.15) is 0 Å². The lowest BCUT2D eigenvalue weighted by atomic mass is 10.0. The summed E-state index contributed by atoms with van der Waals surface area (Å²) in [7, 11) is -3.41. The number of carbonyl (C=O) groups is 1. The van der Waals surface area contributed by atoms with E-state index in [1.807, 2.05) is 0 Å². The summed E-state index contributed by atoms with van der Waals surface area (Å²) in [6, 6.07) is 0. The number of sulfonamides is 1. The second-order valence-corrected chi connectivity index (χ2v) is 6.22. The second kappa shape index (κ2) is 5.84. The molecular weight excluding hydrogens is 254 g/mol. The van der Waals surface area contributed by atoms with E-state index in [0.29, 0.717) is 26.0 Å². The summed E-state index contributed by atoms with van der Waals surface area (Å²) in [5, 5.41) is -0.442. The van der Waals surface area contributed by atoms with Crippen molar-refractivity contribution in [3.05, 3.63) is 0 Å². The maximum absolute atomic E-state index is 11.5. The van der Waals surface area contributed by atoms with Crippen molar-refractivity contribution in [3.63, 3.8) is 0 Å². The molecule has 0 aromatic rings. The van der Waals surface area contributed by atoms with E-state index in [9.17, 15) is 13.2 Å². The number of piperidine rings is 1. The van der Waals surface area contributed by atoms with Gasteiger partial charge < -0.3 is 4.74 Å². The molecule has 0 N–H and O–H groups in total. The molecule has 1 atom stereocenters. The molecule has 5 nitrogen and oxygen atoms in total. The summed E-state index contributed by atoms with van der Waals surface area (Å²) in [6.45, 7) is 2.67. The largest absolute Gasteiger partial charge is 0.466 e. The van der Waals surface area contributed by atoms with Crippen molar-refractivity contribution in [1.29, 1.82) is 0 Å². The van der Waals surface area contributed by atoms with Crippen LogP contribution in [0.15, 0.2) is 0 Å². The van der Waals surface area contributed by atoms with Crippen LogP contribution in [0.5, 0.6) is 0 Å². The van der Waals surface area contributed by atoms with Crippen LogP contribution in [0, 0.1) is 5.92 Å². The van der Waals surface area contributed by atoms with E-state index in [1.54, 1.807) is 6.92 Å². The van der Waals surface area contributed by atoms with Crippen LogP contribution in [-0.2, 0) is 19.6 Å². The molecule has 1 fully saturated rings. The Kier molecular flexibility index (Phi) is 5.01. The van der Waals surface area contributed by atoms with Crippen molar-refractivity contribution in [2.24, 2.45) is 5.92 Å². The summed E-state index contributed by atoms with van der Waals surface area (Å²) in [5.74, 6) is -0.677. The molecule has 1 rings (SSSR count). The molecule has 7 heteroatoms. The summed E-state index contributed by atoms with van der Waals surface area (Å²) >= 11 is 5.37. The summed E-state index contributed by atoms with van der Waals surface area (Å²) in [6.07, 6.45) is 1.34. The molecule has 1 aliphatic rings. The van der Waals surface area contributed by atoms with Crippen LogP contribution in [0.3, 0.4) is 0 Å². The fraction of sp³-hybridized carbons (Fsp3) is 0.889. The standard InChI is InChI=1S/C9H16ClNO4S/c1-2-15-9(12)8-4-3-5-11(6-8)16(13,14)7-10/h8H,2-7H2,1H3. The Labute approximate surface area is 101 Å². The van der Waals surface area contributed by atoms with Gasteiger partial charge in [-0.1, -0.05) is 0 Å². The van der Waals surface area contributed by atoms with Gasteiger partial charge in [0.1, 0.15) is 5.21 Å². The van der Waals surface area contributed by atoms with E-state index in [2.05, 4.69) is 0 Å². The van der Waals surface area contributed by atoms with E-state index >= 15 is 0 Å². The van der Waals surface area contributed by atoms with Crippen LogP contribution < -0.4 is 0 Å². The number of ether oxygens (including phenoxy) is 1. The number of alkyl halides is 1. The van der Waals surface area contributed by atoms with Crippen LogP contribution in [0.2, 0.25) is 0 Å². The SMILES string of the molecule is CCOC(=O)C1CCCN(S(=O)(=O)CCl)C1. The average Bonchev–Trinajstić information content (AvgIpc) is 2.29. The first-order chi connectivity index (χ1) is 7.51. The highest BCUT2D eigenvalue weighted by atomic mass is 35.5. The number of halogens is 1. The van der Waals surface area contributed by atoms with Gasteiger partial charge in [0, 0.05) is 13.1 Å². The molecular formula is C9H16ClNO4S. The van der Waals surface area contributed by atoms with Gasteiger partial charge in [-0.05, 0) is 19.8 Å². The molecule has 1 aliphatic heterocycles. The molecule has 0 saturated carbocycles. The molecule has 1 saturated heterocycles. The predicted molar refractivity (Wildman–Crippen MR) is 60.6 cm³/mol. The van der Waals surface area contributed by atoms with Gasteiger partial charge in [0.2, 0.25) is 10.0 Å². The van der Waals surface area contributed by atoms with Gasteiger partial charge in [0.25, 0.3) is 0 Å². The minimum atomic E-state index is -3.41. The first kappa shape index (κ1) is 13.7. The molecule has 0 aromatic heterocycles. The lowest BCUT2D eigenvalue weighted by Gasteiger charge is -2.29. The highest BCUT2D eigenvalue weighted by Gasteiger charge is 2.32. The van der Waals surface area contributed by atoms with Gasteiger partial charge in [-0.25, -0.2) is 12.7 Å². The summed E-state index contributed by atoms with van der Waals surface area (Å²) in [5.41, 5.74) is 0. The predicted octanol–water partition coefficient (Wildman–Crippen LogP) is 0.788. The molecule has 1 heterocycles. The quantitative estimate of drug-likeness (QED) is 0.559. The maximum Gasteiger partial charge on any atom is 0.310 e. The molecule has 0 aromatic carbocycles. The fourth-order valence-electron chi connectivity index (χ4n) is 1.72. The Morgan fingerprint density at radius 2 is 2.25 bits per heavy atom. The van der Waals surface area contributed by atoms with Crippen LogP contribution in [0.25, 0.3) is 0 Å². The molecule has 16 heavy (non-hydrogen) atoms. The number of carbonyl (C=O) groups excluding carboxylic acids is 1. The monoisotopic (exact) mass is 269 g/mol. The minimum Gasteiger partial charge on any atom is -0.466 e.